The quantitative estimate of drug-likeness (QED) is 0.512. The van der Waals surface area contributed by atoms with Crippen molar-refractivity contribution < 1.29 is 4.90 Å². The van der Waals surface area contributed by atoms with Crippen molar-refractivity contribution in [2.45, 2.75) is 44.7 Å². The van der Waals surface area contributed by atoms with Gasteiger partial charge in [0, 0.05) is 5.92 Å². The Kier molecular flexibility index (Phi) is 2.22. The van der Waals surface area contributed by atoms with E-state index in [2.05, 4.69) is 26.1 Å². The molecule has 68 valence electrons. The number of hydrogen-bond donors (Lipinski definition) is 1. The molecule has 0 bridgehead atoms. The van der Waals surface area contributed by atoms with Crippen LogP contribution in [0.4, 0.5) is 0 Å². The van der Waals surface area contributed by atoms with E-state index in [0.717, 1.165) is 18.0 Å². The zero-order valence-corrected chi connectivity index (χ0v) is 8.22. The second-order valence-electron chi connectivity index (χ2n) is 4.47. The van der Waals surface area contributed by atoms with E-state index in [-0.39, 0.29) is 0 Å². The van der Waals surface area contributed by atoms with Crippen LogP contribution in [0.3, 0.4) is 0 Å². The van der Waals surface area contributed by atoms with Crippen LogP contribution in [0.15, 0.2) is 12.2 Å². The molecule has 0 amide bonds. The van der Waals surface area contributed by atoms with Crippen molar-refractivity contribution in [3.8, 4) is 0 Å². The molecule has 0 radical (unpaired) electrons. The number of likely N-dealkylation sites (N-methyl/N-ethyl adjacent to an activating group) is 1. The topological polar surface area (TPSA) is 4.44 Å². The van der Waals surface area contributed by atoms with Crippen molar-refractivity contribution in [2.75, 3.05) is 7.05 Å². The number of nitrogens with one attached hydrogen (secondary N) is 1. The molecular formula is C11H20N+. The van der Waals surface area contributed by atoms with E-state index in [0.29, 0.717) is 0 Å². The molecule has 0 aromatic heterocycles. The minimum absolute atomic E-state index is 0.740. The standard InChI is InChI=1S/C11H19N/c1-9-7-8-10-5-3-4-6-11(10)12(9)2/h7-11H,3-6H2,1-2H3/p+1/t9-,10+,11-/m0/s1. The monoisotopic (exact) mass is 166 g/mol. The lowest BCUT2D eigenvalue weighted by atomic mass is 9.80. The predicted octanol–water partition coefficient (Wildman–Crippen LogP) is 1.02. The predicted molar refractivity (Wildman–Crippen MR) is 51.2 cm³/mol. The van der Waals surface area contributed by atoms with Gasteiger partial charge in [-0.1, -0.05) is 12.5 Å². The summed E-state index contributed by atoms with van der Waals surface area (Å²) in [5.41, 5.74) is 0. The van der Waals surface area contributed by atoms with E-state index in [1.807, 2.05) is 0 Å². The molecule has 1 fully saturated rings. The summed E-state index contributed by atoms with van der Waals surface area (Å²) < 4.78 is 0. The number of quaternary nitrogens is 1. The smallest absolute Gasteiger partial charge is 0.103 e. The van der Waals surface area contributed by atoms with Gasteiger partial charge in [-0.05, 0) is 32.3 Å². The third-order valence-corrected chi connectivity index (χ3v) is 3.77. The molecule has 1 heterocycles. The Labute approximate surface area is 75.4 Å². The molecule has 4 atom stereocenters. The van der Waals surface area contributed by atoms with Gasteiger partial charge < -0.3 is 4.90 Å². The molecule has 0 saturated heterocycles. The molecular weight excluding hydrogens is 146 g/mol. The Balaban J connectivity index is 2.13. The fourth-order valence-electron chi connectivity index (χ4n) is 2.75. The molecule has 0 aromatic rings. The van der Waals surface area contributed by atoms with Crippen LogP contribution in [0.5, 0.6) is 0 Å². The maximum atomic E-state index is 2.47. The van der Waals surface area contributed by atoms with Gasteiger partial charge in [0.2, 0.25) is 0 Å². The van der Waals surface area contributed by atoms with Gasteiger partial charge in [0.1, 0.15) is 6.04 Å². The second kappa shape index (κ2) is 3.21. The first kappa shape index (κ1) is 8.31. The van der Waals surface area contributed by atoms with E-state index in [1.54, 1.807) is 4.90 Å². The molecule has 2 aliphatic rings. The minimum Gasteiger partial charge on any atom is -0.329 e. The van der Waals surface area contributed by atoms with E-state index < -0.39 is 0 Å². The van der Waals surface area contributed by atoms with Crippen molar-refractivity contribution in [3.05, 3.63) is 12.2 Å². The Bertz CT molecular complexity index is 185. The van der Waals surface area contributed by atoms with Crippen LogP contribution in [0, 0.1) is 5.92 Å². The molecule has 1 heteroatoms. The first-order valence-electron chi connectivity index (χ1n) is 5.30. The van der Waals surface area contributed by atoms with Gasteiger partial charge >= 0.3 is 0 Å². The molecule has 1 aliphatic heterocycles. The summed E-state index contributed by atoms with van der Waals surface area (Å²) in [6.07, 6.45) is 10.7. The third-order valence-electron chi connectivity index (χ3n) is 3.77. The summed E-state index contributed by atoms with van der Waals surface area (Å²) in [5, 5.41) is 0. The van der Waals surface area contributed by atoms with Gasteiger partial charge in [0.15, 0.2) is 0 Å². The Morgan fingerprint density at radius 1 is 1.17 bits per heavy atom. The SMILES string of the molecule is C[C@H]1C=C[C@H]2CCCC[C@@H]2[NH+]1C. The number of hydrogen-bond acceptors (Lipinski definition) is 0. The lowest BCUT2D eigenvalue weighted by molar-refractivity contribution is -0.928. The molecule has 1 saturated carbocycles. The highest BCUT2D eigenvalue weighted by atomic mass is 15.2. The van der Waals surface area contributed by atoms with Crippen LogP contribution in [0.25, 0.3) is 0 Å². The van der Waals surface area contributed by atoms with Crippen molar-refractivity contribution >= 4 is 0 Å². The van der Waals surface area contributed by atoms with Crippen molar-refractivity contribution in [2.24, 2.45) is 5.92 Å². The van der Waals surface area contributed by atoms with Crippen LogP contribution >= 0.6 is 0 Å². The minimum atomic E-state index is 0.740. The highest BCUT2D eigenvalue weighted by molar-refractivity contribution is 4.99. The second-order valence-corrected chi connectivity index (χ2v) is 4.47. The summed E-state index contributed by atoms with van der Waals surface area (Å²) in [4.78, 5) is 1.74. The molecule has 1 nitrogen and oxygen atoms in total. The van der Waals surface area contributed by atoms with Gasteiger partial charge in [-0.15, -0.1) is 0 Å². The molecule has 0 aromatic carbocycles. The van der Waals surface area contributed by atoms with Crippen LogP contribution in [-0.4, -0.2) is 19.1 Å². The van der Waals surface area contributed by atoms with E-state index in [9.17, 15) is 0 Å². The first-order chi connectivity index (χ1) is 5.79. The Morgan fingerprint density at radius 3 is 2.75 bits per heavy atom. The average molecular weight is 166 g/mol. The van der Waals surface area contributed by atoms with Gasteiger partial charge in [0.05, 0.1) is 13.1 Å². The fourth-order valence-corrected chi connectivity index (χ4v) is 2.75. The third kappa shape index (κ3) is 1.31. The summed E-state index contributed by atoms with van der Waals surface area (Å²) in [7, 11) is 2.36. The van der Waals surface area contributed by atoms with Crippen LogP contribution in [0.1, 0.15) is 32.6 Å². The molecule has 1 aliphatic carbocycles. The highest BCUT2D eigenvalue weighted by Crippen LogP contribution is 2.25. The van der Waals surface area contributed by atoms with Crippen molar-refractivity contribution in [1.29, 1.82) is 0 Å². The van der Waals surface area contributed by atoms with E-state index in [4.69, 9.17) is 0 Å². The Morgan fingerprint density at radius 2 is 1.92 bits per heavy atom. The summed E-state index contributed by atoms with van der Waals surface area (Å²) in [6.45, 7) is 2.33. The summed E-state index contributed by atoms with van der Waals surface area (Å²) in [6, 6.07) is 1.67. The number of fused-ring (bicyclic) bond motifs is 1. The largest absolute Gasteiger partial charge is 0.329 e. The van der Waals surface area contributed by atoms with Crippen LogP contribution in [-0.2, 0) is 0 Å². The van der Waals surface area contributed by atoms with Gasteiger partial charge in [-0.25, -0.2) is 0 Å². The van der Waals surface area contributed by atoms with Crippen LogP contribution < -0.4 is 4.90 Å². The molecule has 12 heavy (non-hydrogen) atoms. The summed E-state index contributed by atoms with van der Waals surface area (Å²) >= 11 is 0. The molecule has 2 rings (SSSR count). The van der Waals surface area contributed by atoms with E-state index >= 15 is 0 Å². The highest BCUT2D eigenvalue weighted by Gasteiger charge is 2.34. The van der Waals surface area contributed by atoms with E-state index in [1.165, 1.54) is 25.7 Å². The number of rotatable bonds is 0. The van der Waals surface area contributed by atoms with Gasteiger partial charge in [-0.3, -0.25) is 0 Å². The van der Waals surface area contributed by atoms with Crippen LogP contribution in [0.2, 0.25) is 0 Å². The maximum Gasteiger partial charge on any atom is 0.103 e. The molecule has 1 unspecified atom stereocenters. The lowest BCUT2D eigenvalue weighted by Gasteiger charge is -2.39. The fraction of sp³-hybridized carbons (Fsp3) is 0.818. The normalized spacial score (nSPS) is 47.2. The molecule has 0 spiro atoms. The molecule has 1 N–H and O–H groups in total. The van der Waals surface area contributed by atoms with Gasteiger partial charge in [-0.2, -0.15) is 0 Å². The summed E-state index contributed by atoms with van der Waals surface area (Å²) in [5.74, 6) is 0.898. The lowest BCUT2D eigenvalue weighted by Crippen LogP contribution is -3.17. The Hall–Kier alpha value is -0.300. The average Bonchev–Trinajstić information content (AvgIpc) is 2.12. The van der Waals surface area contributed by atoms with Gasteiger partial charge in [0.25, 0.3) is 0 Å². The zero-order valence-electron chi connectivity index (χ0n) is 8.22. The van der Waals surface area contributed by atoms with Crippen molar-refractivity contribution in [1.82, 2.24) is 0 Å². The maximum absolute atomic E-state index is 2.47. The first-order valence-corrected chi connectivity index (χ1v) is 5.30. The van der Waals surface area contributed by atoms with Crippen molar-refractivity contribution in [3.63, 3.8) is 0 Å². The zero-order chi connectivity index (χ0) is 8.55.